The van der Waals surface area contributed by atoms with Crippen LogP contribution in [0.25, 0.3) is 16.6 Å². The van der Waals surface area contributed by atoms with E-state index in [2.05, 4.69) is 15.5 Å². The maximum Gasteiger partial charge on any atom is 0.339 e. The normalized spacial score (nSPS) is 16.0. The summed E-state index contributed by atoms with van der Waals surface area (Å²) in [5, 5.41) is 23.2. The molecule has 2 aromatic heterocycles. The van der Waals surface area contributed by atoms with Gasteiger partial charge in [0.25, 0.3) is 0 Å². The predicted molar refractivity (Wildman–Crippen MR) is 129 cm³/mol. The number of aryl methyl sites for hydroxylation is 1. The molecule has 3 heterocycles. The minimum absolute atomic E-state index is 0.0661. The van der Waals surface area contributed by atoms with Crippen molar-refractivity contribution in [1.29, 1.82) is 0 Å². The Bertz CT molecular complexity index is 1370. The quantitative estimate of drug-likeness (QED) is 0.383. The number of methoxy groups -OCH3 is 1. The van der Waals surface area contributed by atoms with Gasteiger partial charge in [-0.05, 0) is 50.5 Å². The number of carbonyl (C=O) groups is 1. The van der Waals surface area contributed by atoms with E-state index in [0.29, 0.717) is 22.2 Å². The van der Waals surface area contributed by atoms with Crippen LogP contribution in [0.5, 0.6) is 5.75 Å². The number of nitrogens with zero attached hydrogens (tertiary/aromatic N) is 4. The van der Waals surface area contributed by atoms with E-state index in [4.69, 9.17) is 21.1 Å². The summed E-state index contributed by atoms with van der Waals surface area (Å²) in [4.78, 5) is 11.4. The molecule has 176 valence electrons. The molecule has 1 aliphatic rings. The van der Waals surface area contributed by atoms with Crippen LogP contribution < -0.4 is 10.1 Å². The van der Waals surface area contributed by atoms with Crippen molar-refractivity contribution in [3.05, 3.63) is 58.9 Å². The molecule has 5 rings (SSSR count). The van der Waals surface area contributed by atoms with Crippen molar-refractivity contribution in [3.8, 4) is 11.4 Å². The Balaban J connectivity index is 1.43. The first kappa shape index (κ1) is 22.2. The third-order valence-electron chi connectivity index (χ3n) is 5.97. The van der Waals surface area contributed by atoms with Gasteiger partial charge >= 0.3 is 5.97 Å². The smallest absolute Gasteiger partial charge is 0.339 e. The molecule has 0 spiro atoms. The number of ether oxygens (including phenoxy) is 2. The van der Waals surface area contributed by atoms with Crippen molar-refractivity contribution in [2.75, 3.05) is 19.0 Å². The highest BCUT2D eigenvalue weighted by molar-refractivity contribution is 6.38. The number of aromatic carboxylic acids is 1. The molecule has 1 aliphatic heterocycles. The molecule has 1 saturated heterocycles. The van der Waals surface area contributed by atoms with Crippen LogP contribution in [0.3, 0.4) is 0 Å². The maximum absolute atomic E-state index is 11.4. The van der Waals surface area contributed by atoms with Crippen LogP contribution in [0, 0.1) is 6.92 Å². The van der Waals surface area contributed by atoms with Crippen LogP contribution >= 0.6 is 11.6 Å². The molecule has 2 aromatic carbocycles. The van der Waals surface area contributed by atoms with Crippen molar-refractivity contribution in [2.24, 2.45) is 0 Å². The molecule has 9 nitrogen and oxygen atoms in total. The number of halogens is 1. The number of aromatic nitrogens is 4. The molecule has 2 N–H and O–H groups in total. The Hall–Kier alpha value is -3.56. The number of rotatable bonds is 6. The number of carboxylic acid groups (broad SMARTS) is 1. The summed E-state index contributed by atoms with van der Waals surface area (Å²) in [7, 11) is 1.44. The Morgan fingerprint density at radius 3 is 2.88 bits per heavy atom. The zero-order valence-electron chi connectivity index (χ0n) is 18.8. The highest BCUT2D eigenvalue weighted by Gasteiger charge is 2.21. The lowest BCUT2D eigenvalue weighted by Gasteiger charge is -2.23. The van der Waals surface area contributed by atoms with Gasteiger partial charge in [-0.2, -0.15) is 5.10 Å². The average molecular weight is 482 g/mol. The van der Waals surface area contributed by atoms with Crippen molar-refractivity contribution in [2.45, 2.75) is 32.4 Å². The lowest BCUT2D eigenvalue weighted by Crippen LogP contribution is -2.18. The molecule has 0 saturated carbocycles. The Morgan fingerprint density at radius 2 is 2.15 bits per heavy atom. The van der Waals surface area contributed by atoms with Gasteiger partial charge in [-0.1, -0.05) is 11.6 Å². The lowest BCUT2D eigenvalue weighted by atomic mass is 10.2. The Kier molecular flexibility index (Phi) is 5.89. The lowest BCUT2D eigenvalue weighted by molar-refractivity contribution is -0.0366. The minimum atomic E-state index is -1.05. The topological polar surface area (TPSA) is 103 Å². The predicted octanol–water partition coefficient (Wildman–Crippen LogP) is 5.33. The molecule has 0 amide bonds. The molecule has 0 aliphatic carbocycles. The third-order valence-corrected chi connectivity index (χ3v) is 6.38. The summed E-state index contributed by atoms with van der Waals surface area (Å²) in [5.74, 6) is -0.156. The molecule has 0 bridgehead atoms. The number of carboxylic acids is 1. The molecule has 4 aromatic rings. The van der Waals surface area contributed by atoms with Gasteiger partial charge in [-0.3, -0.25) is 0 Å². The van der Waals surface area contributed by atoms with Gasteiger partial charge in [0.15, 0.2) is 12.0 Å². The van der Waals surface area contributed by atoms with E-state index in [1.807, 2.05) is 29.9 Å². The van der Waals surface area contributed by atoms with E-state index in [0.717, 1.165) is 42.3 Å². The van der Waals surface area contributed by atoms with Crippen molar-refractivity contribution >= 4 is 40.0 Å². The zero-order valence-corrected chi connectivity index (χ0v) is 19.5. The summed E-state index contributed by atoms with van der Waals surface area (Å²) in [6.07, 6.45) is 6.68. The molecule has 1 unspecified atom stereocenters. The van der Waals surface area contributed by atoms with Gasteiger partial charge in [-0.15, -0.1) is 5.10 Å². The molecular formula is C24H24ClN5O4. The van der Waals surface area contributed by atoms with Gasteiger partial charge in [0.2, 0.25) is 0 Å². The Morgan fingerprint density at radius 1 is 1.29 bits per heavy atom. The maximum atomic E-state index is 11.4. The first-order chi connectivity index (χ1) is 16.5. The summed E-state index contributed by atoms with van der Waals surface area (Å²) in [5.41, 5.74) is 3.30. The molecule has 34 heavy (non-hydrogen) atoms. The van der Waals surface area contributed by atoms with Gasteiger partial charge < -0.3 is 19.9 Å². The van der Waals surface area contributed by atoms with E-state index in [9.17, 15) is 9.90 Å². The highest BCUT2D eigenvalue weighted by Crippen LogP contribution is 2.35. The van der Waals surface area contributed by atoms with E-state index >= 15 is 0 Å². The Labute approximate surface area is 200 Å². The molecule has 1 fully saturated rings. The summed E-state index contributed by atoms with van der Waals surface area (Å²) in [6.45, 7) is 2.67. The van der Waals surface area contributed by atoms with Crippen LogP contribution in [0.2, 0.25) is 5.02 Å². The van der Waals surface area contributed by atoms with Crippen molar-refractivity contribution in [1.82, 2.24) is 19.6 Å². The second-order valence-electron chi connectivity index (χ2n) is 8.19. The summed E-state index contributed by atoms with van der Waals surface area (Å²) >= 11 is 6.74. The number of hydrogen-bond acceptors (Lipinski definition) is 6. The van der Waals surface area contributed by atoms with Crippen LogP contribution in [0.15, 0.2) is 42.7 Å². The fraction of sp³-hybridized carbons (Fsp3) is 0.292. The minimum Gasteiger partial charge on any atom is -0.496 e. The van der Waals surface area contributed by atoms with Gasteiger partial charge in [0.05, 0.1) is 35.2 Å². The number of fused-ring (bicyclic) bond motifs is 1. The van der Waals surface area contributed by atoms with Gasteiger partial charge in [0, 0.05) is 29.8 Å². The average Bonchev–Trinajstić information content (AvgIpc) is 3.45. The third kappa shape index (κ3) is 3.97. The molecule has 1 atom stereocenters. The van der Waals surface area contributed by atoms with Gasteiger partial charge in [0.1, 0.15) is 11.3 Å². The first-order valence-corrected chi connectivity index (χ1v) is 11.4. The standard InChI is InChI=1S/C24H24ClN5O4/c1-14-13-29(15-6-7-16(24(31)32)20(11-15)33-2)28-23(14)27-18-8-9-19-17(22(18)25)12-26-30(19)21-5-3-4-10-34-21/h6-9,11-13,21H,3-5,10H2,1-2H3,(H,27,28)(H,31,32). The number of anilines is 2. The van der Waals surface area contributed by atoms with Crippen LogP contribution in [-0.2, 0) is 4.74 Å². The van der Waals surface area contributed by atoms with E-state index in [1.165, 1.54) is 13.2 Å². The molecule has 0 radical (unpaired) electrons. The fourth-order valence-electron chi connectivity index (χ4n) is 4.17. The zero-order chi connectivity index (χ0) is 23.8. The summed E-state index contributed by atoms with van der Waals surface area (Å²) in [6, 6.07) is 8.72. The number of benzene rings is 2. The van der Waals surface area contributed by atoms with E-state index in [1.54, 1.807) is 23.0 Å². The number of nitrogens with one attached hydrogen (secondary N) is 1. The number of hydrogen-bond donors (Lipinski definition) is 2. The largest absolute Gasteiger partial charge is 0.496 e. The second kappa shape index (κ2) is 9.00. The van der Waals surface area contributed by atoms with Gasteiger partial charge in [-0.25, -0.2) is 14.2 Å². The first-order valence-electron chi connectivity index (χ1n) is 11.0. The second-order valence-corrected chi connectivity index (χ2v) is 8.57. The highest BCUT2D eigenvalue weighted by atomic mass is 35.5. The van der Waals surface area contributed by atoms with E-state index in [-0.39, 0.29) is 17.5 Å². The SMILES string of the molecule is COc1cc(-n2cc(C)c(Nc3ccc4c(cnn4C4CCCCO4)c3Cl)n2)ccc1C(=O)O. The molecular weight excluding hydrogens is 458 g/mol. The van der Waals surface area contributed by atoms with Crippen molar-refractivity contribution in [3.63, 3.8) is 0 Å². The molecule has 10 heteroatoms. The van der Waals surface area contributed by atoms with Crippen LogP contribution in [0.1, 0.15) is 41.4 Å². The van der Waals surface area contributed by atoms with Crippen molar-refractivity contribution < 1.29 is 19.4 Å². The monoisotopic (exact) mass is 481 g/mol. The fourth-order valence-corrected chi connectivity index (χ4v) is 4.43. The van der Waals surface area contributed by atoms with Crippen LogP contribution in [0.4, 0.5) is 11.5 Å². The van der Waals surface area contributed by atoms with E-state index < -0.39 is 5.97 Å². The summed E-state index contributed by atoms with van der Waals surface area (Å²) < 4.78 is 14.7. The van der Waals surface area contributed by atoms with Crippen LogP contribution in [-0.4, -0.2) is 44.4 Å².